The van der Waals surface area contributed by atoms with Crippen LogP contribution in [0.3, 0.4) is 0 Å². The summed E-state index contributed by atoms with van der Waals surface area (Å²) in [5.41, 5.74) is 0.842. The zero-order valence-electron chi connectivity index (χ0n) is 9.42. The molecule has 1 fully saturated rings. The van der Waals surface area contributed by atoms with Crippen molar-refractivity contribution >= 4 is 21.7 Å². The number of benzene rings is 1. The van der Waals surface area contributed by atoms with Crippen LogP contribution in [0.25, 0.3) is 0 Å². The monoisotopic (exact) mass is 300 g/mol. The molecule has 0 amide bonds. The van der Waals surface area contributed by atoms with Gasteiger partial charge in [-0.3, -0.25) is 4.79 Å². The second-order valence-corrected chi connectivity index (χ2v) is 5.16. The number of carbonyl (C=O) groups excluding carboxylic acids is 1. The van der Waals surface area contributed by atoms with Crippen LogP contribution in [0.15, 0.2) is 22.7 Å². The molecule has 4 heteroatoms. The third kappa shape index (κ3) is 3.36. The predicted molar refractivity (Wildman–Crippen MR) is 66.4 cm³/mol. The van der Waals surface area contributed by atoms with Crippen LogP contribution in [0.2, 0.25) is 0 Å². The van der Waals surface area contributed by atoms with Crippen molar-refractivity contribution in [3.05, 3.63) is 34.1 Å². The Morgan fingerprint density at radius 1 is 1.53 bits per heavy atom. The molecule has 1 aromatic carbocycles. The molecule has 17 heavy (non-hydrogen) atoms. The highest BCUT2D eigenvalue weighted by Crippen LogP contribution is 2.20. The maximum atomic E-state index is 13.0. The average molecular weight is 301 g/mol. The lowest BCUT2D eigenvalue weighted by atomic mass is 9.93. The fourth-order valence-electron chi connectivity index (χ4n) is 1.99. The van der Waals surface area contributed by atoms with Gasteiger partial charge in [-0.25, -0.2) is 4.39 Å². The van der Waals surface area contributed by atoms with E-state index in [0.717, 1.165) is 25.0 Å². The van der Waals surface area contributed by atoms with Gasteiger partial charge in [0.15, 0.2) is 0 Å². The Bertz CT molecular complexity index is 414. The van der Waals surface area contributed by atoms with E-state index in [0.29, 0.717) is 17.5 Å². The van der Waals surface area contributed by atoms with E-state index in [1.165, 1.54) is 6.07 Å². The molecule has 1 heterocycles. The number of rotatable bonds is 3. The van der Waals surface area contributed by atoms with Gasteiger partial charge < -0.3 is 4.74 Å². The lowest BCUT2D eigenvalue weighted by molar-refractivity contribution is -0.126. The lowest BCUT2D eigenvalue weighted by Crippen LogP contribution is -2.26. The van der Waals surface area contributed by atoms with E-state index >= 15 is 0 Å². The summed E-state index contributed by atoms with van der Waals surface area (Å²) in [4.78, 5) is 12.0. The maximum Gasteiger partial charge on any atom is 0.142 e. The molecule has 1 atom stereocenters. The SMILES string of the molecule is O=C(Cc1ccc(F)c(Br)c1)C1CCCOC1. The summed E-state index contributed by atoms with van der Waals surface area (Å²) in [7, 11) is 0. The molecular formula is C13H14BrFO2. The van der Waals surface area contributed by atoms with Crippen molar-refractivity contribution < 1.29 is 13.9 Å². The molecule has 0 aromatic heterocycles. The van der Waals surface area contributed by atoms with Crippen LogP contribution in [0.5, 0.6) is 0 Å². The van der Waals surface area contributed by atoms with Gasteiger partial charge in [-0.15, -0.1) is 0 Å². The molecule has 0 saturated carbocycles. The third-order valence-electron chi connectivity index (χ3n) is 2.98. The summed E-state index contributed by atoms with van der Waals surface area (Å²) >= 11 is 3.12. The van der Waals surface area contributed by atoms with Crippen molar-refractivity contribution in [3.63, 3.8) is 0 Å². The van der Waals surface area contributed by atoms with Crippen LogP contribution in [0.4, 0.5) is 4.39 Å². The fraction of sp³-hybridized carbons (Fsp3) is 0.462. The van der Waals surface area contributed by atoms with E-state index < -0.39 is 0 Å². The summed E-state index contributed by atoms with van der Waals surface area (Å²) in [5.74, 6) is -0.113. The standard InChI is InChI=1S/C13H14BrFO2/c14-11-6-9(3-4-12(11)15)7-13(16)10-2-1-5-17-8-10/h3-4,6,10H,1-2,5,7-8H2. The predicted octanol–water partition coefficient (Wildman–Crippen LogP) is 3.13. The van der Waals surface area contributed by atoms with Crippen molar-refractivity contribution in [1.29, 1.82) is 0 Å². The molecule has 92 valence electrons. The molecule has 1 aliphatic rings. The first-order chi connectivity index (χ1) is 8.16. The third-order valence-corrected chi connectivity index (χ3v) is 3.59. The summed E-state index contributed by atoms with van der Waals surface area (Å²) in [5, 5.41) is 0. The van der Waals surface area contributed by atoms with Crippen LogP contribution in [0.1, 0.15) is 18.4 Å². The van der Waals surface area contributed by atoms with E-state index in [1.54, 1.807) is 12.1 Å². The van der Waals surface area contributed by atoms with Gasteiger partial charge in [0, 0.05) is 18.9 Å². The van der Waals surface area contributed by atoms with Gasteiger partial charge in [0.25, 0.3) is 0 Å². The first-order valence-electron chi connectivity index (χ1n) is 5.71. The van der Waals surface area contributed by atoms with Crippen molar-refractivity contribution in [1.82, 2.24) is 0 Å². The maximum absolute atomic E-state index is 13.0. The fourth-order valence-corrected chi connectivity index (χ4v) is 2.42. The Hall–Kier alpha value is -0.740. The highest BCUT2D eigenvalue weighted by Gasteiger charge is 2.21. The van der Waals surface area contributed by atoms with Crippen LogP contribution in [-0.2, 0) is 16.0 Å². The quantitative estimate of drug-likeness (QED) is 0.857. The molecule has 0 aliphatic carbocycles. The number of Topliss-reactive ketones (excluding diaryl/α,β-unsaturated/α-hetero) is 1. The average Bonchev–Trinajstić information content (AvgIpc) is 2.35. The molecule has 1 aromatic rings. The Morgan fingerprint density at radius 2 is 2.35 bits per heavy atom. The number of halogens is 2. The molecule has 2 nitrogen and oxygen atoms in total. The van der Waals surface area contributed by atoms with E-state index in [1.807, 2.05) is 0 Å². The van der Waals surface area contributed by atoms with Gasteiger partial charge in [0.05, 0.1) is 11.1 Å². The van der Waals surface area contributed by atoms with E-state index in [9.17, 15) is 9.18 Å². The summed E-state index contributed by atoms with van der Waals surface area (Å²) < 4.78 is 18.7. The molecular weight excluding hydrogens is 287 g/mol. The molecule has 0 radical (unpaired) electrons. The highest BCUT2D eigenvalue weighted by molar-refractivity contribution is 9.10. The number of hydrogen-bond donors (Lipinski definition) is 0. The second kappa shape index (κ2) is 5.74. The molecule has 0 N–H and O–H groups in total. The first kappa shape index (κ1) is 12.7. The summed E-state index contributed by atoms with van der Waals surface area (Å²) in [6, 6.07) is 4.70. The largest absolute Gasteiger partial charge is 0.381 e. The second-order valence-electron chi connectivity index (χ2n) is 4.31. The van der Waals surface area contributed by atoms with Crippen molar-refractivity contribution in [2.24, 2.45) is 5.92 Å². The van der Waals surface area contributed by atoms with E-state index in [2.05, 4.69) is 15.9 Å². The first-order valence-corrected chi connectivity index (χ1v) is 6.50. The van der Waals surface area contributed by atoms with Crippen LogP contribution < -0.4 is 0 Å². The lowest BCUT2D eigenvalue weighted by Gasteiger charge is -2.20. The molecule has 1 aliphatic heterocycles. The van der Waals surface area contributed by atoms with Gasteiger partial charge in [0.2, 0.25) is 0 Å². The topological polar surface area (TPSA) is 26.3 Å². The summed E-state index contributed by atoms with van der Waals surface area (Å²) in [6.45, 7) is 1.28. The Balaban J connectivity index is 1.99. The van der Waals surface area contributed by atoms with Crippen LogP contribution in [-0.4, -0.2) is 19.0 Å². The van der Waals surface area contributed by atoms with E-state index in [4.69, 9.17) is 4.74 Å². The molecule has 2 rings (SSSR count). The molecule has 1 saturated heterocycles. The van der Waals surface area contributed by atoms with Crippen molar-refractivity contribution in [2.75, 3.05) is 13.2 Å². The van der Waals surface area contributed by atoms with Gasteiger partial charge in [-0.05, 0) is 46.5 Å². The molecule has 0 spiro atoms. The minimum Gasteiger partial charge on any atom is -0.381 e. The number of hydrogen-bond acceptors (Lipinski definition) is 2. The smallest absolute Gasteiger partial charge is 0.142 e. The van der Waals surface area contributed by atoms with Gasteiger partial charge >= 0.3 is 0 Å². The van der Waals surface area contributed by atoms with Gasteiger partial charge in [0.1, 0.15) is 11.6 Å². The zero-order chi connectivity index (χ0) is 12.3. The number of carbonyl (C=O) groups is 1. The minimum atomic E-state index is -0.304. The van der Waals surface area contributed by atoms with Crippen LogP contribution in [0, 0.1) is 11.7 Å². The summed E-state index contributed by atoms with van der Waals surface area (Å²) in [6.07, 6.45) is 2.21. The van der Waals surface area contributed by atoms with Gasteiger partial charge in [-0.1, -0.05) is 6.07 Å². The van der Waals surface area contributed by atoms with E-state index in [-0.39, 0.29) is 17.5 Å². The minimum absolute atomic E-state index is 0.00702. The number of ether oxygens (including phenoxy) is 1. The molecule has 0 bridgehead atoms. The normalized spacial score (nSPS) is 20.2. The zero-order valence-corrected chi connectivity index (χ0v) is 11.0. The van der Waals surface area contributed by atoms with Gasteiger partial charge in [-0.2, -0.15) is 0 Å². The highest BCUT2D eigenvalue weighted by atomic mass is 79.9. The molecule has 1 unspecified atom stereocenters. The van der Waals surface area contributed by atoms with Crippen LogP contribution >= 0.6 is 15.9 Å². The van der Waals surface area contributed by atoms with Crippen molar-refractivity contribution in [2.45, 2.75) is 19.3 Å². The Labute approximate surface area is 108 Å². The Kier molecular flexibility index (Phi) is 4.29. The Morgan fingerprint density at radius 3 is 3.00 bits per heavy atom. The van der Waals surface area contributed by atoms with Crippen molar-refractivity contribution in [3.8, 4) is 0 Å². The number of ketones is 1.